The number of carbonyl (C=O) groups is 3. The zero-order valence-electron chi connectivity index (χ0n) is 17.1. The molecule has 1 heterocycles. The number of primary amides is 1. The molecule has 0 radical (unpaired) electrons. The Morgan fingerprint density at radius 1 is 1.32 bits per heavy atom. The highest BCUT2D eigenvalue weighted by Crippen LogP contribution is 2.34. The highest BCUT2D eigenvalue weighted by Gasteiger charge is 2.37. The maximum atomic E-state index is 12.1. The molecule has 0 aliphatic carbocycles. The van der Waals surface area contributed by atoms with E-state index in [1.807, 2.05) is 4.90 Å². The summed E-state index contributed by atoms with van der Waals surface area (Å²) in [5.41, 5.74) is 9.59. The molecule has 0 aromatic heterocycles. The third-order valence-electron chi connectivity index (χ3n) is 4.82. The van der Waals surface area contributed by atoms with Crippen LogP contribution >= 0.6 is 0 Å². The first-order chi connectivity index (χ1) is 14.4. The van der Waals surface area contributed by atoms with Crippen molar-refractivity contribution >= 4 is 24.9 Å². The summed E-state index contributed by atoms with van der Waals surface area (Å²) < 4.78 is 5.70. The molecule has 1 saturated heterocycles. The van der Waals surface area contributed by atoms with Crippen LogP contribution in [0.15, 0.2) is 12.1 Å². The fourth-order valence-electron chi connectivity index (χ4n) is 3.22. The number of hydrogen-bond acceptors (Lipinski definition) is 9. The third kappa shape index (κ3) is 6.56. The van der Waals surface area contributed by atoms with Crippen molar-refractivity contribution < 1.29 is 39.4 Å². The Balaban J connectivity index is 1.97. The fraction of sp³-hybridized carbons (Fsp3) is 0.500. The van der Waals surface area contributed by atoms with Crippen molar-refractivity contribution in [3.63, 3.8) is 0 Å². The van der Waals surface area contributed by atoms with Gasteiger partial charge in [0.1, 0.15) is 28.7 Å². The lowest BCUT2D eigenvalue weighted by Crippen LogP contribution is -2.64. The smallest absolute Gasteiger partial charge is 0.451 e. The monoisotopic (exact) mass is 438 g/mol. The zero-order chi connectivity index (χ0) is 23.3. The summed E-state index contributed by atoms with van der Waals surface area (Å²) in [6.07, 6.45) is -0.365. The lowest BCUT2D eigenvalue weighted by atomic mass is 9.82. The maximum absolute atomic E-state index is 12.1. The van der Waals surface area contributed by atoms with E-state index in [-0.39, 0.29) is 43.2 Å². The van der Waals surface area contributed by atoms with Crippen LogP contribution in [0.3, 0.4) is 0 Å². The molecule has 2 rings (SSSR count). The molecular formula is C18H27BN4O8. The molecule has 9 N–H and O–H groups in total. The van der Waals surface area contributed by atoms with E-state index in [0.29, 0.717) is 13.1 Å². The van der Waals surface area contributed by atoms with Crippen LogP contribution < -0.4 is 21.5 Å². The van der Waals surface area contributed by atoms with E-state index in [2.05, 4.69) is 5.32 Å². The summed E-state index contributed by atoms with van der Waals surface area (Å²) in [5.74, 6) is -3.09. The maximum Gasteiger partial charge on any atom is 0.451 e. The molecule has 1 aliphatic heterocycles. The van der Waals surface area contributed by atoms with Crippen LogP contribution in [0, 0.1) is 0 Å². The number of aromatic hydroxyl groups is 1. The van der Waals surface area contributed by atoms with Gasteiger partial charge in [-0.2, -0.15) is 0 Å². The van der Waals surface area contributed by atoms with E-state index in [4.69, 9.17) is 26.3 Å². The van der Waals surface area contributed by atoms with Crippen LogP contribution in [0.4, 0.5) is 0 Å². The molecule has 1 aromatic carbocycles. The molecule has 31 heavy (non-hydrogen) atoms. The van der Waals surface area contributed by atoms with E-state index in [1.165, 1.54) is 19.1 Å². The number of carboxylic acids is 1. The zero-order valence-corrected chi connectivity index (χ0v) is 17.1. The van der Waals surface area contributed by atoms with Crippen LogP contribution in [-0.2, 0) is 16.0 Å². The summed E-state index contributed by atoms with van der Waals surface area (Å²) in [5, 5.41) is 40.0. The standard InChI is InChI=1S/C18H27BN4O8/c1-18(21,17(28)22-6-13(20)24)9-23-7-11(8-23)31-12-3-2-10(4-5-19(29)30)15(25)14(12)16(26)27/h2-3,11,25,29-30H,4-9,21H2,1H3,(H2,20,24)(H,22,28)(H,26,27)/t18-/m1/s1. The molecule has 2 amide bonds. The highest BCUT2D eigenvalue weighted by atomic mass is 16.5. The largest absolute Gasteiger partial charge is 0.507 e. The Morgan fingerprint density at radius 2 is 1.97 bits per heavy atom. The van der Waals surface area contributed by atoms with Crippen molar-refractivity contribution in [3.8, 4) is 11.5 Å². The van der Waals surface area contributed by atoms with Gasteiger partial charge in [-0.1, -0.05) is 6.07 Å². The van der Waals surface area contributed by atoms with Gasteiger partial charge in [0, 0.05) is 19.6 Å². The molecule has 1 aliphatic rings. The summed E-state index contributed by atoms with van der Waals surface area (Å²) in [6, 6.07) is 2.88. The number of aryl methyl sites for hydroxylation is 1. The molecule has 170 valence electrons. The van der Waals surface area contributed by atoms with Crippen LogP contribution in [0.25, 0.3) is 0 Å². The van der Waals surface area contributed by atoms with Gasteiger partial charge >= 0.3 is 13.1 Å². The second-order valence-corrected chi connectivity index (χ2v) is 7.77. The van der Waals surface area contributed by atoms with Crippen molar-refractivity contribution in [2.75, 3.05) is 26.2 Å². The number of likely N-dealkylation sites (tertiary alicyclic amines) is 1. The predicted molar refractivity (Wildman–Crippen MR) is 109 cm³/mol. The second-order valence-electron chi connectivity index (χ2n) is 7.77. The van der Waals surface area contributed by atoms with Crippen molar-refractivity contribution in [3.05, 3.63) is 23.3 Å². The number of nitrogens with zero attached hydrogens (tertiary/aromatic N) is 1. The topological polar surface area (TPSA) is 209 Å². The van der Waals surface area contributed by atoms with E-state index in [0.717, 1.165) is 0 Å². The molecular weight excluding hydrogens is 411 g/mol. The number of carboxylic acid groups (broad SMARTS) is 1. The summed E-state index contributed by atoms with van der Waals surface area (Å²) in [4.78, 5) is 36.3. The molecule has 1 fully saturated rings. The highest BCUT2D eigenvalue weighted by molar-refractivity contribution is 6.41. The van der Waals surface area contributed by atoms with Gasteiger partial charge in [0.25, 0.3) is 0 Å². The summed E-state index contributed by atoms with van der Waals surface area (Å²) in [7, 11) is -1.57. The normalized spacial score (nSPS) is 16.1. The number of hydrogen-bond donors (Lipinski definition) is 7. The lowest BCUT2D eigenvalue weighted by molar-refractivity contribution is -0.129. The van der Waals surface area contributed by atoms with Crippen LogP contribution in [0.2, 0.25) is 6.32 Å². The van der Waals surface area contributed by atoms with Crippen molar-refractivity contribution in [2.45, 2.75) is 31.3 Å². The van der Waals surface area contributed by atoms with E-state index < -0.39 is 41.8 Å². The van der Waals surface area contributed by atoms with Crippen LogP contribution in [0.5, 0.6) is 11.5 Å². The SMILES string of the molecule is C[C@@](N)(CN1CC(Oc2ccc(CCB(O)O)c(O)c2C(=O)O)C1)C(=O)NCC(N)=O. The number of rotatable bonds is 11. The van der Waals surface area contributed by atoms with Gasteiger partial charge in [-0.25, -0.2) is 4.79 Å². The number of ether oxygens (including phenoxy) is 1. The first-order valence-electron chi connectivity index (χ1n) is 9.59. The van der Waals surface area contributed by atoms with Crippen LogP contribution in [0.1, 0.15) is 22.8 Å². The minimum atomic E-state index is -1.57. The van der Waals surface area contributed by atoms with Gasteiger partial charge < -0.3 is 41.8 Å². The van der Waals surface area contributed by atoms with Crippen molar-refractivity contribution in [1.29, 1.82) is 0 Å². The number of nitrogens with two attached hydrogens (primary N) is 2. The number of nitrogens with one attached hydrogen (secondary N) is 1. The molecule has 13 heteroatoms. The fourth-order valence-corrected chi connectivity index (χ4v) is 3.22. The Kier molecular flexibility index (Phi) is 7.84. The Hall–Kier alpha value is -2.87. The second kappa shape index (κ2) is 9.96. The Bertz CT molecular complexity index is 842. The average Bonchev–Trinajstić information content (AvgIpc) is 2.62. The minimum absolute atomic E-state index is 0.0161. The average molecular weight is 438 g/mol. The third-order valence-corrected chi connectivity index (χ3v) is 4.82. The number of benzene rings is 1. The Morgan fingerprint density at radius 3 is 2.52 bits per heavy atom. The molecule has 0 saturated carbocycles. The van der Waals surface area contributed by atoms with Gasteiger partial charge in [-0.05, 0) is 31.3 Å². The molecule has 12 nitrogen and oxygen atoms in total. The number of amides is 2. The van der Waals surface area contributed by atoms with Crippen molar-refractivity contribution in [2.24, 2.45) is 11.5 Å². The van der Waals surface area contributed by atoms with E-state index in [9.17, 15) is 24.6 Å². The first-order valence-corrected chi connectivity index (χ1v) is 9.59. The van der Waals surface area contributed by atoms with Gasteiger partial charge in [-0.3, -0.25) is 14.5 Å². The van der Waals surface area contributed by atoms with Gasteiger partial charge in [0.15, 0.2) is 0 Å². The van der Waals surface area contributed by atoms with Gasteiger partial charge in [0.2, 0.25) is 11.8 Å². The molecule has 0 unspecified atom stereocenters. The lowest BCUT2D eigenvalue weighted by Gasteiger charge is -2.42. The molecule has 0 bridgehead atoms. The van der Waals surface area contributed by atoms with Gasteiger partial charge in [-0.15, -0.1) is 0 Å². The number of phenols is 1. The molecule has 1 aromatic rings. The van der Waals surface area contributed by atoms with Gasteiger partial charge in [0.05, 0.1) is 6.54 Å². The van der Waals surface area contributed by atoms with E-state index in [1.54, 1.807) is 0 Å². The molecule has 1 atom stereocenters. The molecule has 0 spiro atoms. The van der Waals surface area contributed by atoms with E-state index >= 15 is 0 Å². The Labute approximate surface area is 178 Å². The minimum Gasteiger partial charge on any atom is -0.507 e. The van der Waals surface area contributed by atoms with Crippen molar-refractivity contribution in [1.82, 2.24) is 10.2 Å². The summed E-state index contributed by atoms with van der Waals surface area (Å²) in [6.45, 7) is 2.12. The van der Waals surface area contributed by atoms with Crippen LogP contribution in [-0.4, -0.2) is 87.9 Å². The number of carbonyl (C=O) groups excluding carboxylic acids is 2. The predicted octanol–water partition coefficient (Wildman–Crippen LogP) is -2.51. The number of aromatic carboxylic acids is 1. The quantitative estimate of drug-likeness (QED) is 0.180. The summed E-state index contributed by atoms with van der Waals surface area (Å²) >= 11 is 0. The first kappa shape index (κ1) is 24.4.